The van der Waals surface area contributed by atoms with E-state index in [1.165, 1.54) is 40.9 Å². The average Bonchev–Trinajstić information content (AvgIpc) is 3.54. The van der Waals surface area contributed by atoms with Crippen molar-refractivity contribution in [3.8, 4) is 0 Å². The molecule has 0 spiro atoms. The van der Waals surface area contributed by atoms with Gasteiger partial charge in [-0.1, -0.05) is 16.9 Å². The molecule has 0 bridgehead atoms. The molecule has 13 nitrogen and oxygen atoms in total. The molecular formula is C23H23N7O6S3. The Hall–Kier alpha value is -3.60. The summed E-state index contributed by atoms with van der Waals surface area (Å²) in [5, 5.41) is 29.8. The van der Waals surface area contributed by atoms with Gasteiger partial charge in [-0.15, -0.1) is 23.1 Å². The molecule has 39 heavy (non-hydrogen) atoms. The minimum absolute atomic E-state index is 0.0495. The highest BCUT2D eigenvalue weighted by molar-refractivity contribution is 8.00. The zero-order chi connectivity index (χ0) is 27.7. The second-order valence-electron chi connectivity index (χ2n) is 8.38. The molecule has 1 fully saturated rings. The van der Waals surface area contributed by atoms with E-state index in [1.54, 1.807) is 0 Å². The van der Waals surface area contributed by atoms with Gasteiger partial charge in [0.15, 0.2) is 15.9 Å². The third-order valence-electron chi connectivity index (χ3n) is 6.05. The van der Waals surface area contributed by atoms with Crippen molar-refractivity contribution in [2.24, 2.45) is 5.16 Å². The molecular weight excluding hydrogens is 566 g/mol. The van der Waals surface area contributed by atoms with Crippen LogP contribution >= 0.6 is 34.9 Å². The molecule has 5 heterocycles. The molecule has 16 heteroatoms. The van der Waals surface area contributed by atoms with Crippen LogP contribution in [0, 0.1) is 0 Å². The van der Waals surface area contributed by atoms with Crippen molar-refractivity contribution in [2.45, 2.75) is 23.0 Å². The largest absolute Gasteiger partial charge is 0.543 e. The number of pyridine rings is 1. The van der Waals surface area contributed by atoms with E-state index in [-0.39, 0.29) is 35.4 Å². The minimum atomic E-state index is -1.46. The van der Waals surface area contributed by atoms with Crippen LogP contribution in [0.1, 0.15) is 5.69 Å². The Kier molecular flexibility index (Phi) is 7.79. The van der Waals surface area contributed by atoms with Gasteiger partial charge in [-0.2, -0.15) is 4.40 Å². The Balaban J connectivity index is 1.36. The Labute approximate surface area is 234 Å². The molecule has 2 atom stereocenters. The van der Waals surface area contributed by atoms with E-state index in [4.69, 9.17) is 15.7 Å². The highest BCUT2D eigenvalue weighted by Gasteiger charge is 2.53. The number of carbonyl (C=O) groups is 3. The number of hydrogen-bond acceptors (Lipinski definition) is 12. The van der Waals surface area contributed by atoms with Crippen LogP contribution < -0.4 is 20.6 Å². The van der Waals surface area contributed by atoms with Gasteiger partial charge in [-0.25, -0.2) is 9.55 Å². The lowest BCUT2D eigenvalue weighted by molar-refractivity contribution is -0.554. The number of imidazole rings is 1. The summed E-state index contributed by atoms with van der Waals surface area (Å²) in [7, 11) is 1.27. The molecule has 3 aromatic rings. The number of carboxylic acids is 1. The second kappa shape index (κ2) is 11.3. The summed E-state index contributed by atoms with van der Waals surface area (Å²) in [5.41, 5.74) is 6.85. The highest BCUT2D eigenvalue weighted by Crippen LogP contribution is 2.40. The number of nitrogens with two attached hydrogens (primary N) is 1. The standard InChI is InChI=1S/C23H23N7O6S3/c1-36-27-16(13-11-39-23(24)25-13)19(32)26-17-20(33)30-18(22(34)35)12(10-38-21(17)30)9-28-5-6-29-14(28)3-2-4-15(29)37-8-7-31/h2-6,11,17,21,31H,7-10H2,1H3,(H3-,24,25,26,32,34,35)/b27-16-/t17-,21+/m1/s1. The molecule has 0 unspecified atom stereocenters. The summed E-state index contributed by atoms with van der Waals surface area (Å²) >= 11 is 3.97. The van der Waals surface area contributed by atoms with Crippen molar-refractivity contribution in [1.29, 1.82) is 0 Å². The van der Waals surface area contributed by atoms with Crippen molar-refractivity contribution in [2.75, 3.05) is 31.0 Å². The third-order valence-corrected chi connectivity index (χ3v) is 9.08. The predicted octanol–water partition coefficient (Wildman–Crippen LogP) is -1.20. The van der Waals surface area contributed by atoms with E-state index in [1.807, 2.05) is 39.6 Å². The molecule has 1 saturated heterocycles. The summed E-state index contributed by atoms with van der Waals surface area (Å²) in [6.45, 7) is 0.276. The lowest BCUT2D eigenvalue weighted by Crippen LogP contribution is -2.71. The van der Waals surface area contributed by atoms with E-state index in [9.17, 15) is 19.5 Å². The molecule has 3 aromatic heterocycles. The molecule has 5 rings (SSSR count). The van der Waals surface area contributed by atoms with Crippen LogP contribution in [0.15, 0.2) is 57.4 Å². The number of rotatable bonds is 10. The number of thiazole rings is 1. The number of hydrogen-bond donors (Lipinski definition) is 3. The van der Waals surface area contributed by atoms with Crippen molar-refractivity contribution >= 4 is 69.1 Å². The average molecular weight is 590 g/mol. The van der Waals surface area contributed by atoms with E-state index < -0.39 is 29.2 Å². The van der Waals surface area contributed by atoms with E-state index in [0.29, 0.717) is 17.1 Å². The summed E-state index contributed by atoms with van der Waals surface area (Å²) in [6.07, 6.45) is 3.69. The van der Waals surface area contributed by atoms with Gasteiger partial charge in [0.2, 0.25) is 0 Å². The van der Waals surface area contributed by atoms with Gasteiger partial charge >= 0.3 is 0 Å². The molecule has 2 aliphatic heterocycles. The normalized spacial score (nSPS) is 19.2. The quantitative estimate of drug-likeness (QED) is 0.0855. The number of aliphatic carboxylic acids is 1. The first-order valence-electron chi connectivity index (χ1n) is 11.6. The van der Waals surface area contributed by atoms with Gasteiger partial charge in [0, 0.05) is 28.5 Å². The van der Waals surface area contributed by atoms with Gasteiger partial charge in [-0.05, 0) is 12.1 Å². The van der Waals surface area contributed by atoms with Crippen molar-refractivity contribution in [1.82, 2.24) is 19.8 Å². The number of anilines is 1. The molecule has 0 radical (unpaired) electrons. The van der Waals surface area contributed by atoms with Crippen LogP contribution in [-0.4, -0.2) is 79.7 Å². The maximum absolute atomic E-state index is 13.1. The van der Waals surface area contributed by atoms with E-state index in [0.717, 1.165) is 22.0 Å². The number of nitrogen functional groups attached to an aromatic ring is 1. The summed E-state index contributed by atoms with van der Waals surface area (Å²) < 4.78 is 3.84. The SMILES string of the molecule is CO/N=C(\C(=O)N[C@@H]1C(=O)N2C(C(=O)[O-])=C(Cn3cc[n+]4c(SCCO)cccc34)CS[C@@H]12)c1csc(N)n1. The first kappa shape index (κ1) is 27.0. The molecule has 0 saturated carbocycles. The molecule has 4 N–H and O–H groups in total. The number of carboxylic acid groups (broad SMARTS) is 1. The number of amides is 2. The van der Waals surface area contributed by atoms with Crippen molar-refractivity contribution in [3.63, 3.8) is 0 Å². The van der Waals surface area contributed by atoms with Gasteiger partial charge < -0.3 is 30.9 Å². The van der Waals surface area contributed by atoms with Crippen LogP contribution in [0.3, 0.4) is 0 Å². The number of nitrogens with one attached hydrogen (secondary N) is 1. The van der Waals surface area contributed by atoms with E-state index in [2.05, 4.69) is 15.5 Å². The van der Waals surface area contributed by atoms with E-state index >= 15 is 0 Å². The van der Waals surface area contributed by atoms with Crippen LogP contribution in [-0.2, 0) is 25.8 Å². The highest BCUT2D eigenvalue weighted by atomic mass is 32.2. The van der Waals surface area contributed by atoms with Crippen molar-refractivity contribution < 1.29 is 33.8 Å². The Morgan fingerprint density at radius 3 is 2.95 bits per heavy atom. The maximum atomic E-state index is 13.1. The first-order chi connectivity index (χ1) is 18.8. The number of aliphatic hydroxyl groups is 1. The summed E-state index contributed by atoms with van der Waals surface area (Å²) in [5.74, 6) is -1.87. The molecule has 204 valence electrons. The zero-order valence-corrected chi connectivity index (χ0v) is 22.9. The number of oxime groups is 1. The van der Waals surface area contributed by atoms with Gasteiger partial charge in [0.05, 0.1) is 18.3 Å². The first-order valence-corrected chi connectivity index (χ1v) is 14.5. The maximum Gasteiger partial charge on any atom is 0.287 e. The summed E-state index contributed by atoms with van der Waals surface area (Å²) in [6, 6.07) is 4.75. The summed E-state index contributed by atoms with van der Waals surface area (Å²) in [4.78, 5) is 48.2. The number of fused-ring (bicyclic) bond motifs is 2. The van der Waals surface area contributed by atoms with Crippen LogP contribution in [0.2, 0.25) is 0 Å². The fourth-order valence-electron chi connectivity index (χ4n) is 4.40. The number of aliphatic hydroxyl groups excluding tert-OH is 1. The van der Waals surface area contributed by atoms with Crippen molar-refractivity contribution in [3.05, 3.63) is 52.9 Å². The number of carbonyl (C=O) groups excluding carboxylic acids is 3. The van der Waals surface area contributed by atoms with Crippen LogP contribution in [0.25, 0.3) is 5.65 Å². The number of nitrogens with zero attached hydrogens (tertiary/aromatic N) is 5. The lowest BCUT2D eigenvalue weighted by Gasteiger charge is -2.50. The number of aromatic nitrogens is 3. The molecule has 0 aliphatic carbocycles. The second-order valence-corrected chi connectivity index (χ2v) is 11.5. The fraction of sp³-hybridized carbons (Fsp3) is 0.304. The third kappa shape index (κ3) is 5.07. The Morgan fingerprint density at radius 2 is 2.26 bits per heavy atom. The molecule has 0 aromatic carbocycles. The van der Waals surface area contributed by atoms with Gasteiger partial charge in [-0.3, -0.25) is 14.5 Å². The molecule has 2 amide bonds. The monoisotopic (exact) mass is 589 g/mol. The Bertz CT molecular complexity index is 1520. The fourth-order valence-corrected chi connectivity index (χ4v) is 7.05. The predicted molar refractivity (Wildman–Crippen MR) is 143 cm³/mol. The zero-order valence-electron chi connectivity index (χ0n) is 20.5. The number of thioether (sulfide) groups is 2. The lowest BCUT2D eigenvalue weighted by atomic mass is 10.0. The van der Waals surface area contributed by atoms with Gasteiger partial charge in [0.1, 0.15) is 43.2 Å². The van der Waals surface area contributed by atoms with Crippen LogP contribution in [0.5, 0.6) is 0 Å². The Morgan fingerprint density at radius 1 is 1.44 bits per heavy atom. The van der Waals surface area contributed by atoms with Gasteiger partial charge in [0.25, 0.3) is 17.5 Å². The number of β-lactam (4-membered cyclic amide) rings is 1. The smallest absolute Gasteiger partial charge is 0.287 e. The van der Waals surface area contributed by atoms with Crippen LogP contribution in [0.4, 0.5) is 5.13 Å². The minimum Gasteiger partial charge on any atom is -0.543 e. The topological polar surface area (TPSA) is 179 Å². The molecule has 2 aliphatic rings.